The van der Waals surface area contributed by atoms with Crippen LogP contribution in [0.25, 0.3) is 0 Å². The van der Waals surface area contributed by atoms with Crippen LogP contribution in [0.1, 0.15) is 39.5 Å². The number of carboxylic acid groups (broad SMARTS) is 1. The summed E-state index contributed by atoms with van der Waals surface area (Å²) in [7, 11) is 0. The Balaban J connectivity index is 5.33. The molecule has 4 atom stereocenters. The molecule has 0 saturated heterocycles. The van der Waals surface area contributed by atoms with E-state index in [2.05, 4.69) is 28.6 Å². The van der Waals surface area contributed by atoms with E-state index in [1.807, 2.05) is 0 Å². The predicted molar refractivity (Wildman–Crippen MR) is 117 cm³/mol. The number of carbonyl (C=O) groups excluding carboxylic acids is 4. The maximum absolute atomic E-state index is 12.7. The molecule has 0 heterocycles. The molecule has 31 heavy (non-hydrogen) atoms. The van der Waals surface area contributed by atoms with Crippen LogP contribution < -0.4 is 33.2 Å². The molecule has 0 aliphatic carbocycles. The summed E-state index contributed by atoms with van der Waals surface area (Å²) >= 11 is 3.90. The second-order valence-corrected chi connectivity index (χ2v) is 7.80. The van der Waals surface area contributed by atoms with E-state index in [0.29, 0.717) is 19.4 Å². The molecule has 0 aromatic rings. The van der Waals surface area contributed by atoms with Gasteiger partial charge in [-0.05, 0) is 31.7 Å². The van der Waals surface area contributed by atoms with Gasteiger partial charge in [0.1, 0.15) is 18.1 Å². The van der Waals surface area contributed by atoms with Crippen molar-refractivity contribution in [3.63, 3.8) is 0 Å². The first-order valence-electron chi connectivity index (χ1n) is 9.93. The lowest BCUT2D eigenvalue weighted by Gasteiger charge is -2.26. The average Bonchev–Trinajstić information content (AvgIpc) is 2.68. The number of carbonyl (C=O) groups is 5. The van der Waals surface area contributed by atoms with E-state index in [-0.39, 0.29) is 12.2 Å². The van der Waals surface area contributed by atoms with Gasteiger partial charge in [-0.3, -0.25) is 19.2 Å². The Morgan fingerprint density at radius 1 is 0.935 bits per heavy atom. The summed E-state index contributed by atoms with van der Waals surface area (Å²) in [5.41, 5.74) is 16.1. The Hall–Kier alpha value is -2.38. The van der Waals surface area contributed by atoms with E-state index < -0.39 is 66.1 Å². The Kier molecular flexibility index (Phi) is 13.5. The highest BCUT2D eigenvalue weighted by molar-refractivity contribution is 7.80. The summed E-state index contributed by atoms with van der Waals surface area (Å²) in [6.07, 6.45) is 0.774. The summed E-state index contributed by atoms with van der Waals surface area (Å²) in [6.45, 7) is 3.69. The Morgan fingerprint density at radius 3 is 1.97 bits per heavy atom. The molecule has 12 nitrogen and oxygen atoms in total. The lowest BCUT2D eigenvalue weighted by Crippen LogP contribution is -2.59. The number of hydrogen-bond acceptors (Lipinski definition) is 8. The van der Waals surface area contributed by atoms with Crippen molar-refractivity contribution in [2.75, 3.05) is 12.3 Å². The molecule has 0 aromatic carbocycles. The number of rotatable bonds is 15. The lowest BCUT2D eigenvalue weighted by atomic mass is 10.0. The molecule has 0 saturated carbocycles. The molecule has 0 spiro atoms. The molecule has 0 aliphatic rings. The third-order valence-electron chi connectivity index (χ3n) is 4.38. The van der Waals surface area contributed by atoms with Crippen molar-refractivity contribution in [1.29, 1.82) is 0 Å². The molecule has 4 amide bonds. The van der Waals surface area contributed by atoms with Crippen LogP contribution in [-0.2, 0) is 24.0 Å². The maximum Gasteiger partial charge on any atom is 0.326 e. The molecule has 0 radical (unpaired) electrons. The zero-order chi connectivity index (χ0) is 24.1. The zero-order valence-corrected chi connectivity index (χ0v) is 18.7. The first kappa shape index (κ1) is 28.6. The topological polar surface area (TPSA) is 220 Å². The van der Waals surface area contributed by atoms with Crippen LogP contribution in [0.2, 0.25) is 0 Å². The molecular weight excluding hydrogens is 428 g/mol. The molecule has 13 heteroatoms. The number of carboxylic acids is 1. The average molecular weight is 463 g/mol. The normalized spacial score (nSPS) is 14.8. The zero-order valence-electron chi connectivity index (χ0n) is 17.8. The summed E-state index contributed by atoms with van der Waals surface area (Å²) < 4.78 is 0. The standard InChI is InChI=1S/C18H34N6O6S/c1-9(2)14(17(28)22-11(18(29)30)5-3-4-6-19)24-16(27)12(7-13(21)25)23-15(26)10(20)8-31/h9-12,14,31H,3-8,19-20H2,1-2H3,(H2,21,25)(H,22,28)(H,23,26)(H,24,27)(H,29,30). The molecule has 10 N–H and O–H groups in total. The van der Waals surface area contributed by atoms with Gasteiger partial charge in [0.05, 0.1) is 12.5 Å². The number of unbranched alkanes of at least 4 members (excludes halogenated alkanes) is 1. The van der Waals surface area contributed by atoms with E-state index in [1.165, 1.54) is 0 Å². The van der Waals surface area contributed by atoms with Gasteiger partial charge in [0.25, 0.3) is 0 Å². The third-order valence-corrected chi connectivity index (χ3v) is 4.77. The number of aliphatic carboxylic acids is 1. The fourth-order valence-electron chi connectivity index (χ4n) is 2.57. The number of hydrogen-bond donors (Lipinski definition) is 8. The second kappa shape index (κ2) is 14.6. The van der Waals surface area contributed by atoms with Gasteiger partial charge in [-0.25, -0.2) is 4.79 Å². The van der Waals surface area contributed by atoms with Gasteiger partial charge in [0.15, 0.2) is 0 Å². The SMILES string of the molecule is CC(C)C(NC(=O)C(CC(N)=O)NC(=O)C(N)CS)C(=O)NC(CCCCN)C(=O)O. The van der Waals surface area contributed by atoms with Crippen molar-refractivity contribution < 1.29 is 29.1 Å². The van der Waals surface area contributed by atoms with Crippen molar-refractivity contribution in [3.8, 4) is 0 Å². The van der Waals surface area contributed by atoms with Crippen LogP contribution in [0.3, 0.4) is 0 Å². The molecule has 4 unspecified atom stereocenters. The minimum Gasteiger partial charge on any atom is -0.480 e. The van der Waals surface area contributed by atoms with Gasteiger partial charge in [0, 0.05) is 5.75 Å². The van der Waals surface area contributed by atoms with Crippen molar-refractivity contribution in [1.82, 2.24) is 16.0 Å². The minimum absolute atomic E-state index is 0.00843. The van der Waals surface area contributed by atoms with Crippen LogP contribution in [0.4, 0.5) is 0 Å². The molecule has 0 bridgehead atoms. The van der Waals surface area contributed by atoms with E-state index in [4.69, 9.17) is 17.2 Å². The molecule has 0 aliphatic heterocycles. The molecule has 0 fully saturated rings. The summed E-state index contributed by atoms with van der Waals surface area (Å²) in [4.78, 5) is 60.1. The van der Waals surface area contributed by atoms with Gasteiger partial charge < -0.3 is 38.3 Å². The van der Waals surface area contributed by atoms with Crippen molar-refractivity contribution in [3.05, 3.63) is 0 Å². The number of nitrogens with one attached hydrogen (secondary N) is 3. The van der Waals surface area contributed by atoms with Gasteiger partial charge in [-0.1, -0.05) is 13.8 Å². The molecule has 0 rings (SSSR count). The Bertz CT molecular complexity index is 647. The Labute approximate surface area is 186 Å². The van der Waals surface area contributed by atoms with Crippen molar-refractivity contribution in [2.45, 2.75) is 63.7 Å². The quantitative estimate of drug-likeness (QED) is 0.0953. The van der Waals surface area contributed by atoms with Crippen LogP contribution in [0, 0.1) is 5.92 Å². The number of amides is 4. The smallest absolute Gasteiger partial charge is 0.326 e. The highest BCUT2D eigenvalue weighted by Gasteiger charge is 2.32. The summed E-state index contributed by atoms with van der Waals surface area (Å²) in [5, 5.41) is 16.5. The van der Waals surface area contributed by atoms with Gasteiger partial charge >= 0.3 is 5.97 Å². The van der Waals surface area contributed by atoms with Gasteiger partial charge in [0.2, 0.25) is 23.6 Å². The van der Waals surface area contributed by atoms with Crippen LogP contribution in [0.5, 0.6) is 0 Å². The molecular formula is C18H34N6O6S. The van der Waals surface area contributed by atoms with Crippen LogP contribution >= 0.6 is 12.6 Å². The van der Waals surface area contributed by atoms with Crippen molar-refractivity contribution in [2.24, 2.45) is 23.1 Å². The highest BCUT2D eigenvalue weighted by atomic mass is 32.1. The molecule has 178 valence electrons. The summed E-state index contributed by atoms with van der Waals surface area (Å²) in [5.74, 6) is -4.73. The minimum atomic E-state index is -1.36. The molecule has 0 aromatic heterocycles. The van der Waals surface area contributed by atoms with Crippen LogP contribution in [-0.4, -0.2) is 71.2 Å². The van der Waals surface area contributed by atoms with Crippen LogP contribution in [0.15, 0.2) is 0 Å². The van der Waals surface area contributed by atoms with E-state index in [1.54, 1.807) is 13.8 Å². The van der Waals surface area contributed by atoms with E-state index in [9.17, 15) is 29.1 Å². The second-order valence-electron chi connectivity index (χ2n) is 7.43. The largest absolute Gasteiger partial charge is 0.480 e. The highest BCUT2D eigenvalue weighted by Crippen LogP contribution is 2.07. The number of primary amides is 1. The van der Waals surface area contributed by atoms with E-state index in [0.717, 1.165) is 0 Å². The maximum atomic E-state index is 12.7. The Morgan fingerprint density at radius 2 is 1.52 bits per heavy atom. The first-order valence-corrected chi connectivity index (χ1v) is 10.6. The number of thiol groups is 1. The van der Waals surface area contributed by atoms with E-state index >= 15 is 0 Å². The monoisotopic (exact) mass is 462 g/mol. The number of nitrogens with two attached hydrogens (primary N) is 3. The predicted octanol–water partition coefficient (Wildman–Crippen LogP) is -2.56. The third kappa shape index (κ3) is 11.0. The lowest BCUT2D eigenvalue weighted by molar-refractivity contribution is -0.143. The van der Waals surface area contributed by atoms with Crippen molar-refractivity contribution >= 4 is 42.2 Å². The fraction of sp³-hybridized carbons (Fsp3) is 0.722. The first-order chi connectivity index (χ1) is 14.4. The summed E-state index contributed by atoms with van der Waals surface area (Å²) in [6, 6.07) is -4.63. The fourth-order valence-corrected chi connectivity index (χ4v) is 2.74. The van der Waals surface area contributed by atoms with Gasteiger partial charge in [-0.2, -0.15) is 12.6 Å². The van der Waals surface area contributed by atoms with Gasteiger partial charge in [-0.15, -0.1) is 0 Å².